The molecule has 3 aromatic rings. The molecule has 5 rings (SSSR count). The summed E-state index contributed by atoms with van der Waals surface area (Å²) in [4.78, 5) is 32.1. The molecule has 0 saturated carbocycles. The first-order valence-electron chi connectivity index (χ1n) is 11.2. The number of halogens is 1. The van der Waals surface area contributed by atoms with E-state index in [0.717, 1.165) is 25.2 Å². The Kier molecular flexibility index (Phi) is 6.15. The van der Waals surface area contributed by atoms with Crippen molar-refractivity contribution >= 4 is 23.4 Å². The summed E-state index contributed by atoms with van der Waals surface area (Å²) >= 11 is 6.27. The highest BCUT2D eigenvalue weighted by Gasteiger charge is 2.30. The molecule has 2 aliphatic heterocycles. The Morgan fingerprint density at radius 1 is 0.879 bits per heavy atom. The summed E-state index contributed by atoms with van der Waals surface area (Å²) in [6.07, 6.45) is 0. The van der Waals surface area contributed by atoms with Crippen molar-refractivity contribution in [2.24, 2.45) is 0 Å². The first-order chi connectivity index (χ1) is 16.1. The number of hydrogen-bond donors (Lipinski definition) is 0. The van der Waals surface area contributed by atoms with E-state index in [1.807, 2.05) is 47.4 Å². The Hall–Kier alpha value is -3.16. The molecule has 2 aromatic carbocycles. The highest BCUT2D eigenvalue weighted by atomic mass is 35.5. The van der Waals surface area contributed by atoms with Crippen LogP contribution in [0.25, 0.3) is 0 Å². The zero-order valence-electron chi connectivity index (χ0n) is 18.4. The monoisotopic (exact) mass is 463 g/mol. The molecule has 7 nitrogen and oxygen atoms in total. The maximum Gasteiger partial charge on any atom is 0.274 e. The normalized spacial score (nSPS) is 16.7. The standard InChI is InChI=1S/C25H26ClN5O2/c26-21-9-5-4-8-20(21)18-30-14-15-31-23(25(30)33)16-22(27-31)24(32)29-12-10-28(11-13-29)17-19-6-2-1-3-7-19/h1-9,16H,10-15,17-18H2. The maximum atomic E-state index is 13.1. The molecule has 0 atom stereocenters. The molecule has 8 heteroatoms. The van der Waals surface area contributed by atoms with Crippen LogP contribution in [-0.4, -0.2) is 69.0 Å². The van der Waals surface area contributed by atoms with Crippen molar-refractivity contribution in [3.8, 4) is 0 Å². The van der Waals surface area contributed by atoms with Gasteiger partial charge in [0.2, 0.25) is 0 Å². The molecular weight excluding hydrogens is 438 g/mol. The van der Waals surface area contributed by atoms with Crippen LogP contribution in [-0.2, 0) is 19.6 Å². The van der Waals surface area contributed by atoms with Gasteiger partial charge in [0.25, 0.3) is 11.8 Å². The average Bonchev–Trinajstić information content (AvgIpc) is 3.28. The molecule has 1 aromatic heterocycles. The molecule has 1 saturated heterocycles. The quantitative estimate of drug-likeness (QED) is 0.583. The fraction of sp³-hybridized carbons (Fsp3) is 0.320. The lowest BCUT2D eigenvalue weighted by atomic mass is 10.1. The lowest BCUT2D eigenvalue weighted by Crippen LogP contribution is -2.48. The minimum absolute atomic E-state index is 0.110. The van der Waals surface area contributed by atoms with E-state index in [9.17, 15) is 9.59 Å². The molecule has 0 spiro atoms. The predicted molar refractivity (Wildman–Crippen MR) is 126 cm³/mol. The van der Waals surface area contributed by atoms with E-state index >= 15 is 0 Å². The van der Waals surface area contributed by atoms with Crippen LogP contribution in [0.3, 0.4) is 0 Å². The number of amides is 2. The molecule has 3 heterocycles. The zero-order chi connectivity index (χ0) is 22.8. The molecule has 0 radical (unpaired) electrons. The third-order valence-electron chi connectivity index (χ3n) is 6.31. The third-order valence-corrected chi connectivity index (χ3v) is 6.68. The van der Waals surface area contributed by atoms with E-state index in [1.54, 1.807) is 15.6 Å². The van der Waals surface area contributed by atoms with Crippen LogP contribution in [0.4, 0.5) is 0 Å². The highest BCUT2D eigenvalue weighted by Crippen LogP contribution is 2.21. The van der Waals surface area contributed by atoms with Crippen LogP contribution in [0.15, 0.2) is 60.7 Å². The lowest BCUT2D eigenvalue weighted by Gasteiger charge is -2.34. The van der Waals surface area contributed by atoms with Crippen LogP contribution in [0.5, 0.6) is 0 Å². The van der Waals surface area contributed by atoms with Crippen molar-refractivity contribution in [1.82, 2.24) is 24.5 Å². The minimum Gasteiger partial charge on any atom is -0.335 e. The Labute approximate surface area is 198 Å². The summed E-state index contributed by atoms with van der Waals surface area (Å²) < 4.78 is 1.66. The van der Waals surface area contributed by atoms with Crippen LogP contribution in [0, 0.1) is 0 Å². The van der Waals surface area contributed by atoms with Gasteiger partial charge in [0.05, 0.1) is 6.54 Å². The lowest BCUT2D eigenvalue weighted by molar-refractivity contribution is 0.0619. The summed E-state index contributed by atoms with van der Waals surface area (Å²) in [5.41, 5.74) is 2.98. The van der Waals surface area contributed by atoms with Crippen molar-refractivity contribution < 1.29 is 9.59 Å². The first-order valence-corrected chi connectivity index (χ1v) is 11.6. The molecule has 170 valence electrons. The second kappa shape index (κ2) is 9.37. The molecule has 1 fully saturated rings. The van der Waals surface area contributed by atoms with Gasteiger partial charge in [-0.15, -0.1) is 0 Å². The number of aromatic nitrogens is 2. The van der Waals surface area contributed by atoms with Gasteiger partial charge >= 0.3 is 0 Å². The number of carbonyl (C=O) groups excluding carboxylic acids is 2. The Morgan fingerprint density at radius 2 is 1.61 bits per heavy atom. The van der Waals surface area contributed by atoms with Crippen molar-refractivity contribution in [3.63, 3.8) is 0 Å². The summed E-state index contributed by atoms with van der Waals surface area (Å²) in [6, 6.07) is 19.5. The van der Waals surface area contributed by atoms with Crippen LogP contribution in [0.1, 0.15) is 32.1 Å². The largest absolute Gasteiger partial charge is 0.335 e. The topological polar surface area (TPSA) is 61.7 Å². The van der Waals surface area contributed by atoms with E-state index in [-0.39, 0.29) is 11.8 Å². The van der Waals surface area contributed by atoms with Gasteiger partial charge in [0.15, 0.2) is 5.69 Å². The molecule has 0 aliphatic carbocycles. The smallest absolute Gasteiger partial charge is 0.274 e. The Morgan fingerprint density at radius 3 is 2.36 bits per heavy atom. The fourth-order valence-corrected chi connectivity index (χ4v) is 4.63. The van der Waals surface area contributed by atoms with E-state index in [4.69, 9.17) is 11.6 Å². The van der Waals surface area contributed by atoms with E-state index in [0.29, 0.717) is 49.1 Å². The second-order valence-corrected chi connectivity index (χ2v) is 8.92. The summed E-state index contributed by atoms with van der Waals surface area (Å²) in [5, 5.41) is 5.11. The summed E-state index contributed by atoms with van der Waals surface area (Å²) in [6.45, 7) is 5.36. The van der Waals surface area contributed by atoms with Crippen molar-refractivity contribution in [2.75, 3.05) is 32.7 Å². The average molecular weight is 464 g/mol. The number of benzene rings is 2. The van der Waals surface area contributed by atoms with Gasteiger partial charge in [0, 0.05) is 56.9 Å². The van der Waals surface area contributed by atoms with Gasteiger partial charge in [-0.05, 0) is 17.2 Å². The molecule has 2 amide bonds. The molecule has 0 unspecified atom stereocenters. The molecule has 33 heavy (non-hydrogen) atoms. The van der Waals surface area contributed by atoms with Crippen molar-refractivity contribution in [1.29, 1.82) is 0 Å². The van der Waals surface area contributed by atoms with Gasteiger partial charge in [-0.3, -0.25) is 19.2 Å². The molecule has 0 N–H and O–H groups in total. The maximum absolute atomic E-state index is 13.1. The van der Waals surface area contributed by atoms with E-state index in [1.165, 1.54) is 5.56 Å². The fourth-order valence-electron chi connectivity index (χ4n) is 4.44. The second-order valence-electron chi connectivity index (χ2n) is 8.51. The van der Waals surface area contributed by atoms with E-state index < -0.39 is 0 Å². The number of piperazine rings is 1. The summed E-state index contributed by atoms with van der Waals surface area (Å²) in [7, 11) is 0. The molecule has 2 aliphatic rings. The van der Waals surface area contributed by atoms with Gasteiger partial charge in [-0.1, -0.05) is 60.1 Å². The van der Waals surface area contributed by atoms with Gasteiger partial charge in [0.1, 0.15) is 5.69 Å². The minimum atomic E-state index is -0.125. The SMILES string of the molecule is O=C(c1cc2n(n1)CCN(Cc1ccccc1Cl)C2=O)N1CCN(Cc2ccccc2)CC1. The third kappa shape index (κ3) is 4.65. The van der Waals surface area contributed by atoms with Crippen molar-refractivity contribution in [3.05, 3.63) is 88.2 Å². The predicted octanol–water partition coefficient (Wildman–Crippen LogP) is 3.15. The van der Waals surface area contributed by atoms with Gasteiger partial charge in [-0.2, -0.15) is 5.10 Å². The highest BCUT2D eigenvalue weighted by molar-refractivity contribution is 6.31. The first kappa shape index (κ1) is 21.7. The number of carbonyl (C=O) groups is 2. The Balaban J connectivity index is 1.22. The number of rotatable bonds is 5. The van der Waals surface area contributed by atoms with Gasteiger partial charge in [-0.25, -0.2) is 0 Å². The van der Waals surface area contributed by atoms with Crippen LogP contribution >= 0.6 is 11.6 Å². The number of hydrogen-bond acceptors (Lipinski definition) is 4. The van der Waals surface area contributed by atoms with Crippen molar-refractivity contribution in [2.45, 2.75) is 19.6 Å². The Bertz CT molecular complexity index is 1150. The van der Waals surface area contributed by atoms with Gasteiger partial charge < -0.3 is 9.80 Å². The number of nitrogens with zero attached hydrogens (tertiary/aromatic N) is 5. The van der Waals surface area contributed by atoms with Crippen LogP contribution in [0.2, 0.25) is 5.02 Å². The van der Waals surface area contributed by atoms with Crippen LogP contribution < -0.4 is 0 Å². The summed E-state index contributed by atoms with van der Waals surface area (Å²) in [5.74, 6) is -0.234. The number of fused-ring (bicyclic) bond motifs is 1. The zero-order valence-corrected chi connectivity index (χ0v) is 19.1. The van der Waals surface area contributed by atoms with E-state index in [2.05, 4.69) is 22.1 Å². The molecular formula is C25H26ClN5O2. The molecule has 0 bridgehead atoms.